The maximum Gasteiger partial charge on any atom is 0.328 e. The van der Waals surface area contributed by atoms with Gasteiger partial charge >= 0.3 is 5.97 Å². The highest BCUT2D eigenvalue weighted by atomic mass is 32.2. The molecule has 8 heteroatoms. The molecule has 1 aromatic carbocycles. The number of esters is 1. The smallest absolute Gasteiger partial charge is 0.328 e. The number of ether oxygens (including phenoxy) is 1. The number of piperidine rings is 1. The molecule has 1 saturated heterocycles. The molecular weight excluding hydrogens is 404 g/mol. The van der Waals surface area contributed by atoms with Crippen LogP contribution in [0.1, 0.15) is 50.7 Å². The number of methoxy groups -OCH3 is 1. The maximum atomic E-state index is 13.1. The van der Waals surface area contributed by atoms with Gasteiger partial charge in [-0.05, 0) is 67.7 Å². The van der Waals surface area contributed by atoms with E-state index in [1.54, 1.807) is 6.07 Å². The number of sulfonamides is 1. The summed E-state index contributed by atoms with van der Waals surface area (Å²) in [6, 6.07) is 4.77. The Balaban J connectivity index is 1.61. The monoisotopic (exact) mass is 436 g/mol. The summed E-state index contributed by atoms with van der Waals surface area (Å²) >= 11 is 0. The van der Waals surface area contributed by atoms with E-state index in [-0.39, 0.29) is 17.7 Å². The molecule has 1 unspecified atom stereocenters. The fourth-order valence-corrected chi connectivity index (χ4v) is 5.85. The molecule has 1 fully saturated rings. The zero-order valence-corrected chi connectivity index (χ0v) is 18.8. The lowest BCUT2D eigenvalue weighted by Gasteiger charge is -2.31. The molecule has 1 N–H and O–H groups in total. The first-order chi connectivity index (χ1) is 14.2. The van der Waals surface area contributed by atoms with E-state index in [4.69, 9.17) is 4.74 Å². The number of nitrogens with one attached hydrogen (secondary N) is 1. The van der Waals surface area contributed by atoms with Crippen LogP contribution in [0.4, 0.5) is 0 Å². The van der Waals surface area contributed by atoms with E-state index < -0.39 is 22.0 Å². The van der Waals surface area contributed by atoms with Crippen LogP contribution in [-0.2, 0) is 37.2 Å². The number of hydrogen-bond acceptors (Lipinski definition) is 5. The van der Waals surface area contributed by atoms with Gasteiger partial charge in [0.15, 0.2) is 0 Å². The molecule has 1 atom stereocenters. The van der Waals surface area contributed by atoms with Crippen molar-refractivity contribution in [3.8, 4) is 0 Å². The number of fused-ring (bicyclic) bond motifs is 1. The fourth-order valence-electron chi connectivity index (χ4n) is 4.33. The molecule has 1 aliphatic heterocycles. The highest BCUT2D eigenvalue weighted by molar-refractivity contribution is 7.89. The molecule has 1 amide bonds. The molecule has 2 aliphatic rings. The van der Waals surface area contributed by atoms with Gasteiger partial charge in [0.05, 0.1) is 12.0 Å². The number of nitrogens with zero attached hydrogens (tertiary/aromatic N) is 1. The Morgan fingerprint density at radius 1 is 1.17 bits per heavy atom. The largest absolute Gasteiger partial charge is 0.467 e. The molecule has 166 valence electrons. The zero-order valence-electron chi connectivity index (χ0n) is 18.0. The van der Waals surface area contributed by atoms with Crippen molar-refractivity contribution in [1.29, 1.82) is 0 Å². The lowest BCUT2D eigenvalue weighted by molar-refractivity contribution is -0.146. The third-order valence-electron chi connectivity index (χ3n) is 6.04. The van der Waals surface area contributed by atoms with E-state index in [1.807, 2.05) is 26.0 Å². The van der Waals surface area contributed by atoms with Gasteiger partial charge < -0.3 is 10.1 Å². The highest BCUT2D eigenvalue weighted by Gasteiger charge is 2.34. The number of aryl methyl sites for hydroxylation is 2. The summed E-state index contributed by atoms with van der Waals surface area (Å²) in [5, 5.41) is 2.80. The number of rotatable bonds is 7. The van der Waals surface area contributed by atoms with Gasteiger partial charge in [-0.25, -0.2) is 13.2 Å². The van der Waals surface area contributed by atoms with Crippen LogP contribution in [-0.4, -0.2) is 50.8 Å². The molecule has 3 rings (SSSR count). The van der Waals surface area contributed by atoms with Crippen molar-refractivity contribution in [2.45, 2.75) is 63.3 Å². The summed E-state index contributed by atoms with van der Waals surface area (Å²) in [5.74, 6) is -0.737. The van der Waals surface area contributed by atoms with E-state index in [2.05, 4.69) is 5.32 Å². The predicted octanol–water partition coefficient (Wildman–Crippen LogP) is 2.28. The van der Waals surface area contributed by atoms with Crippen molar-refractivity contribution in [3.63, 3.8) is 0 Å². The molecule has 1 aromatic rings. The second kappa shape index (κ2) is 9.47. The SMILES string of the molecule is COC(=O)C(CC(C)C)NC(=O)C1CCN(S(=O)(=O)c2ccc3c(c2)CCC3)CC1. The van der Waals surface area contributed by atoms with Crippen molar-refractivity contribution in [1.82, 2.24) is 9.62 Å². The van der Waals surface area contributed by atoms with Gasteiger partial charge in [-0.2, -0.15) is 4.31 Å². The lowest BCUT2D eigenvalue weighted by atomic mass is 9.96. The Hall–Kier alpha value is -1.93. The van der Waals surface area contributed by atoms with Gasteiger partial charge in [-0.1, -0.05) is 19.9 Å². The van der Waals surface area contributed by atoms with Crippen molar-refractivity contribution in [2.24, 2.45) is 11.8 Å². The minimum Gasteiger partial charge on any atom is -0.467 e. The summed E-state index contributed by atoms with van der Waals surface area (Å²) in [7, 11) is -2.25. The second-order valence-electron chi connectivity index (χ2n) is 8.68. The first kappa shape index (κ1) is 22.7. The summed E-state index contributed by atoms with van der Waals surface area (Å²) in [4.78, 5) is 25.0. The first-order valence-corrected chi connectivity index (χ1v) is 12.2. The number of amides is 1. The average Bonchev–Trinajstić information content (AvgIpc) is 3.20. The lowest BCUT2D eigenvalue weighted by Crippen LogP contribution is -2.48. The van der Waals surface area contributed by atoms with Gasteiger partial charge in [0.25, 0.3) is 0 Å². The molecule has 0 bridgehead atoms. The van der Waals surface area contributed by atoms with Crippen LogP contribution in [0.2, 0.25) is 0 Å². The first-order valence-electron chi connectivity index (χ1n) is 10.7. The quantitative estimate of drug-likeness (QED) is 0.662. The molecule has 1 aliphatic carbocycles. The Morgan fingerprint density at radius 3 is 2.47 bits per heavy atom. The van der Waals surface area contributed by atoms with Gasteiger partial charge in [0.2, 0.25) is 15.9 Å². The van der Waals surface area contributed by atoms with Crippen molar-refractivity contribution in [3.05, 3.63) is 29.3 Å². The number of benzene rings is 1. The van der Waals surface area contributed by atoms with Gasteiger partial charge in [-0.3, -0.25) is 4.79 Å². The molecular formula is C22H32N2O5S. The van der Waals surface area contributed by atoms with Gasteiger partial charge in [0.1, 0.15) is 6.04 Å². The van der Waals surface area contributed by atoms with E-state index in [1.165, 1.54) is 17.0 Å². The van der Waals surface area contributed by atoms with Crippen LogP contribution in [0, 0.1) is 11.8 Å². The third kappa shape index (κ3) is 5.03. The van der Waals surface area contributed by atoms with Crippen LogP contribution in [0.25, 0.3) is 0 Å². The van der Waals surface area contributed by atoms with Crippen LogP contribution in [0.5, 0.6) is 0 Å². The van der Waals surface area contributed by atoms with Gasteiger partial charge in [0, 0.05) is 19.0 Å². The maximum absolute atomic E-state index is 13.1. The molecule has 0 saturated carbocycles. The van der Waals surface area contributed by atoms with E-state index in [0.29, 0.717) is 37.2 Å². The number of carbonyl (C=O) groups excluding carboxylic acids is 2. The van der Waals surface area contributed by atoms with Crippen LogP contribution < -0.4 is 5.32 Å². The normalized spacial score (nSPS) is 18.8. The summed E-state index contributed by atoms with van der Waals surface area (Å²) < 4.78 is 32.4. The van der Waals surface area contributed by atoms with Crippen LogP contribution in [0.15, 0.2) is 23.1 Å². The Bertz CT molecular complexity index is 889. The summed E-state index contributed by atoms with van der Waals surface area (Å²) in [6.45, 7) is 4.55. The highest BCUT2D eigenvalue weighted by Crippen LogP contribution is 2.28. The second-order valence-corrected chi connectivity index (χ2v) is 10.6. The Kier molecular flexibility index (Phi) is 7.18. The van der Waals surface area contributed by atoms with Crippen molar-refractivity contribution in [2.75, 3.05) is 20.2 Å². The number of carbonyl (C=O) groups is 2. The number of hydrogen-bond donors (Lipinski definition) is 1. The minimum atomic E-state index is -3.56. The van der Waals surface area contributed by atoms with E-state index >= 15 is 0 Å². The van der Waals surface area contributed by atoms with Crippen molar-refractivity contribution >= 4 is 21.9 Å². The van der Waals surface area contributed by atoms with E-state index in [0.717, 1.165) is 24.8 Å². The standard InChI is InChI=1S/C22H32N2O5S/c1-15(2)13-20(22(26)29-3)23-21(25)17-9-11-24(12-10-17)30(27,28)19-8-7-16-5-4-6-18(16)14-19/h7-8,14-15,17,20H,4-6,9-13H2,1-3H3,(H,23,25). The molecule has 0 spiro atoms. The molecule has 1 heterocycles. The fraction of sp³-hybridized carbons (Fsp3) is 0.636. The molecule has 7 nitrogen and oxygen atoms in total. The minimum absolute atomic E-state index is 0.208. The van der Waals surface area contributed by atoms with E-state index in [9.17, 15) is 18.0 Å². The summed E-state index contributed by atoms with van der Waals surface area (Å²) in [6.07, 6.45) is 4.39. The zero-order chi connectivity index (χ0) is 21.9. The van der Waals surface area contributed by atoms with Crippen LogP contribution >= 0.6 is 0 Å². The Morgan fingerprint density at radius 2 is 1.83 bits per heavy atom. The van der Waals surface area contributed by atoms with Gasteiger partial charge in [-0.15, -0.1) is 0 Å². The average molecular weight is 437 g/mol. The predicted molar refractivity (Wildman–Crippen MR) is 113 cm³/mol. The van der Waals surface area contributed by atoms with Crippen molar-refractivity contribution < 1.29 is 22.7 Å². The molecule has 0 radical (unpaired) electrons. The third-order valence-corrected chi connectivity index (χ3v) is 7.94. The van der Waals surface area contributed by atoms with Crippen LogP contribution in [0.3, 0.4) is 0 Å². The molecule has 0 aromatic heterocycles. The molecule has 30 heavy (non-hydrogen) atoms. The Labute approximate surface area is 179 Å². The topological polar surface area (TPSA) is 92.8 Å². The summed E-state index contributed by atoms with van der Waals surface area (Å²) in [5.41, 5.74) is 2.37.